The van der Waals surface area contributed by atoms with Crippen molar-refractivity contribution in [2.75, 3.05) is 11.8 Å². The van der Waals surface area contributed by atoms with Crippen LogP contribution in [0.3, 0.4) is 0 Å². The van der Waals surface area contributed by atoms with Crippen molar-refractivity contribution in [2.24, 2.45) is 0 Å². The minimum atomic E-state index is -1.52. The highest BCUT2D eigenvalue weighted by Gasteiger charge is 2.43. The first-order valence-corrected chi connectivity index (χ1v) is 7.03. The van der Waals surface area contributed by atoms with Gasteiger partial charge in [-0.1, -0.05) is 6.07 Å². The first kappa shape index (κ1) is 18.0. The molecule has 1 saturated heterocycles. The molecule has 0 bridgehead atoms. The van der Waals surface area contributed by atoms with Gasteiger partial charge in [-0.05, 0) is 30.2 Å². The average Bonchev–Trinajstić information content (AvgIpc) is 2.53. The van der Waals surface area contributed by atoms with E-state index in [1.165, 1.54) is 12.1 Å². The Labute approximate surface area is 132 Å². The highest BCUT2D eigenvalue weighted by molar-refractivity contribution is 5.49. The van der Waals surface area contributed by atoms with Crippen LogP contribution in [-0.2, 0) is 16.1 Å². The largest absolute Gasteiger partial charge is 0.733 e. The van der Waals surface area contributed by atoms with Crippen LogP contribution in [0.4, 0.5) is 5.69 Å². The van der Waals surface area contributed by atoms with Crippen molar-refractivity contribution in [3.63, 3.8) is 0 Å². The molecule has 9 nitrogen and oxygen atoms in total. The van der Waals surface area contributed by atoms with Gasteiger partial charge >= 0.3 is 0 Å². The number of ether oxygens (including phenoxy) is 2. The van der Waals surface area contributed by atoms with Crippen molar-refractivity contribution >= 4 is 5.69 Å². The molecular weight excluding hydrogens is 310 g/mol. The molecule has 130 valence electrons. The lowest BCUT2D eigenvalue weighted by Crippen LogP contribution is -2.59. The second kappa shape index (κ2) is 7.51. The van der Waals surface area contributed by atoms with Crippen molar-refractivity contribution in [3.05, 3.63) is 34.5 Å². The van der Waals surface area contributed by atoms with Crippen LogP contribution < -0.4 is 5.23 Å². The zero-order valence-corrected chi connectivity index (χ0v) is 12.4. The van der Waals surface area contributed by atoms with Crippen LogP contribution in [0.1, 0.15) is 11.1 Å². The predicted octanol–water partition coefficient (Wildman–Crippen LogP) is -0.995. The molecule has 1 aromatic carbocycles. The maximum atomic E-state index is 10.9. The summed E-state index contributed by atoms with van der Waals surface area (Å²) in [5, 5.41) is 57.9. The van der Waals surface area contributed by atoms with E-state index in [0.29, 0.717) is 5.56 Å². The highest BCUT2D eigenvalue weighted by Crippen LogP contribution is 2.24. The van der Waals surface area contributed by atoms with Gasteiger partial charge in [-0.2, -0.15) is 0 Å². The molecule has 1 heterocycles. The van der Waals surface area contributed by atoms with Gasteiger partial charge in [-0.3, -0.25) is 5.21 Å². The lowest BCUT2D eigenvalue weighted by atomic mass is 9.99. The molecule has 0 aromatic heterocycles. The molecule has 1 aromatic rings. The molecule has 0 saturated carbocycles. The molecule has 9 heteroatoms. The van der Waals surface area contributed by atoms with Crippen LogP contribution in [0.15, 0.2) is 18.2 Å². The Bertz CT molecular complexity index is 523. The van der Waals surface area contributed by atoms with Gasteiger partial charge in [0.2, 0.25) is 0 Å². The van der Waals surface area contributed by atoms with Crippen molar-refractivity contribution in [1.82, 2.24) is 0 Å². The third-order valence-corrected chi connectivity index (χ3v) is 3.81. The molecule has 1 aliphatic heterocycles. The summed E-state index contributed by atoms with van der Waals surface area (Å²) >= 11 is 0. The van der Waals surface area contributed by atoms with Crippen molar-refractivity contribution in [1.29, 1.82) is 0 Å². The minimum Gasteiger partial charge on any atom is -0.733 e. The van der Waals surface area contributed by atoms with Crippen LogP contribution in [0, 0.1) is 12.1 Å². The van der Waals surface area contributed by atoms with Crippen molar-refractivity contribution in [2.45, 2.75) is 44.2 Å². The Balaban J connectivity index is 2.06. The molecule has 0 radical (unpaired) electrons. The zero-order chi connectivity index (χ0) is 17.1. The fraction of sp³-hybridized carbons (Fsp3) is 0.571. The van der Waals surface area contributed by atoms with Gasteiger partial charge in [0.05, 0.1) is 18.9 Å². The summed E-state index contributed by atoms with van der Waals surface area (Å²) in [6.07, 6.45) is -6.78. The summed E-state index contributed by atoms with van der Waals surface area (Å²) < 4.78 is 10.6. The summed E-state index contributed by atoms with van der Waals surface area (Å²) in [5.74, 6) is 0. The Hall–Kier alpha value is -1.30. The number of hydrogen-bond acceptors (Lipinski definition) is 9. The van der Waals surface area contributed by atoms with Gasteiger partial charge in [0.25, 0.3) is 0 Å². The molecule has 5 unspecified atom stereocenters. The van der Waals surface area contributed by atoms with E-state index in [-0.39, 0.29) is 17.5 Å². The van der Waals surface area contributed by atoms with Crippen LogP contribution in [0.5, 0.6) is 0 Å². The Morgan fingerprint density at radius 3 is 2.52 bits per heavy atom. The number of hydrogen-bond donors (Lipinski definition) is 5. The maximum absolute atomic E-state index is 10.9. The van der Waals surface area contributed by atoms with Crippen LogP contribution in [0.2, 0.25) is 0 Å². The number of anilines is 1. The third-order valence-electron chi connectivity index (χ3n) is 3.81. The first-order chi connectivity index (χ1) is 10.8. The van der Waals surface area contributed by atoms with E-state index < -0.39 is 37.3 Å². The van der Waals surface area contributed by atoms with E-state index in [4.69, 9.17) is 19.8 Å². The van der Waals surface area contributed by atoms with Crippen molar-refractivity contribution in [3.8, 4) is 0 Å². The summed E-state index contributed by atoms with van der Waals surface area (Å²) in [6.45, 7) is 1.15. The fourth-order valence-electron chi connectivity index (χ4n) is 2.31. The van der Waals surface area contributed by atoms with Gasteiger partial charge in [0, 0.05) is 0 Å². The monoisotopic (exact) mass is 330 g/mol. The number of rotatable bonds is 5. The SMILES string of the molecule is Cc1ccc(N([O-])O)cc1COC1OC(CO)C(O)C(O)C1O. The maximum Gasteiger partial charge on any atom is 0.187 e. The molecule has 0 amide bonds. The number of aryl methyl sites for hydroxylation is 1. The van der Waals surface area contributed by atoms with E-state index in [1.54, 1.807) is 13.0 Å². The van der Waals surface area contributed by atoms with Gasteiger partial charge in [-0.15, -0.1) is 0 Å². The summed E-state index contributed by atoms with van der Waals surface area (Å²) in [6, 6.07) is 4.45. The Kier molecular flexibility index (Phi) is 5.89. The number of nitrogens with zero attached hydrogens (tertiary/aromatic N) is 1. The van der Waals surface area contributed by atoms with E-state index >= 15 is 0 Å². The molecule has 5 atom stereocenters. The van der Waals surface area contributed by atoms with Crippen molar-refractivity contribution < 1.29 is 35.1 Å². The third kappa shape index (κ3) is 3.97. The minimum absolute atomic E-state index is 0.0167. The summed E-state index contributed by atoms with van der Waals surface area (Å²) in [4.78, 5) is 0. The van der Waals surface area contributed by atoms with Gasteiger partial charge in [0.1, 0.15) is 24.4 Å². The molecule has 1 aliphatic rings. The number of aliphatic hydroxyl groups is 4. The molecule has 23 heavy (non-hydrogen) atoms. The van der Waals surface area contributed by atoms with E-state index in [2.05, 4.69) is 0 Å². The van der Waals surface area contributed by atoms with Crippen LogP contribution in [-0.4, -0.2) is 62.9 Å². The lowest BCUT2D eigenvalue weighted by molar-refractivity contribution is -0.304. The summed E-state index contributed by atoms with van der Waals surface area (Å²) in [7, 11) is 0. The molecule has 0 aliphatic carbocycles. The molecular formula is C14H20NO8-. The smallest absolute Gasteiger partial charge is 0.187 e. The predicted molar refractivity (Wildman–Crippen MR) is 77.4 cm³/mol. The van der Waals surface area contributed by atoms with Crippen LogP contribution in [0.25, 0.3) is 0 Å². The molecule has 0 spiro atoms. The zero-order valence-electron chi connectivity index (χ0n) is 12.4. The standard InChI is InChI=1S/C14H20NO8/c1-7-2-3-9(15(20)21)4-8(7)6-22-14-13(19)12(18)11(17)10(5-16)23-14/h2-4,10-14,16-20H,5-6H2,1H3/q-1. The second-order valence-electron chi connectivity index (χ2n) is 5.39. The van der Waals surface area contributed by atoms with Gasteiger partial charge in [0.15, 0.2) is 6.29 Å². The topological polar surface area (TPSA) is 146 Å². The second-order valence-corrected chi connectivity index (χ2v) is 5.39. The number of aliphatic hydroxyl groups excluding tert-OH is 4. The van der Waals surface area contributed by atoms with E-state index in [0.717, 1.165) is 5.56 Å². The molecule has 1 fully saturated rings. The Morgan fingerprint density at radius 1 is 1.22 bits per heavy atom. The Morgan fingerprint density at radius 2 is 1.91 bits per heavy atom. The molecule has 5 N–H and O–H groups in total. The lowest BCUT2D eigenvalue weighted by Gasteiger charge is -2.39. The van der Waals surface area contributed by atoms with Gasteiger partial charge < -0.3 is 40.3 Å². The highest BCUT2D eigenvalue weighted by atomic mass is 16.8. The van der Waals surface area contributed by atoms with Gasteiger partial charge in [-0.25, -0.2) is 0 Å². The van der Waals surface area contributed by atoms with Crippen LogP contribution >= 0.6 is 0 Å². The van der Waals surface area contributed by atoms with E-state index in [9.17, 15) is 20.5 Å². The first-order valence-electron chi connectivity index (χ1n) is 7.03. The molecule has 2 rings (SSSR count). The fourth-order valence-corrected chi connectivity index (χ4v) is 2.31. The summed E-state index contributed by atoms with van der Waals surface area (Å²) in [5.41, 5.74) is 1.36. The average molecular weight is 330 g/mol. The quantitative estimate of drug-likeness (QED) is 0.429. The normalized spacial score (nSPS) is 31.2. The van der Waals surface area contributed by atoms with E-state index in [1.807, 2.05) is 0 Å². The number of benzene rings is 1.